The molecule has 2 aromatic heterocycles. The smallest absolute Gasteiger partial charge is 0.369 e. The van der Waals surface area contributed by atoms with Crippen molar-refractivity contribution in [3.8, 4) is 5.00 Å². The Morgan fingerprint density at radius 3 is 2.90 bits per heavy atom. The number of aromatic nitrogens is 4. The predicted molar refractivity (Wildman–Crippen MR) is 77.6 cm³/mol. The van der Waals surface area contributed by atoms with Gasteiger partial charge in [-0.25, -0.2) is 4.79 Å². The van der Waals surface area contributed by atoms with E-state index >= 15 is 0 Å². The van der Waals surface area contributed by atoms with Gasteiger partial charge in [0.1, 0.15) is 11.5 Å². The van der Waals surface area contributed by atoms with Crippen molar-refractivity contribution in [2.75, 3.05) is 20.8 Å². The number of ether oxygens (including phenoxy) is 1. The zero-order valence-corrected chi connectivity index (χ0v) is 12.9. The highest BCUT2D eigenvalue weighted by atomic mass is 32.1. The molecule has 0 aliphatic carbocycles. The Kier molecular flexibility index (Phi) is 4.86. The number of likely N-dealkylation sites (N-methyl/N-ethyl adjacent to an activating group) is 1. The van der Waals surface area contributed by atoms with Crippen LogP contribution in [0.5, 0.6) is 0 Å². The first-order valence-corrected chi connectivity index (χ1v) is 7.24. The molecule has 0 aliphatic heterocycles. The number of thiophene rings is 1. The quantitative estimate of drug-likeness (QED) is 0.749. The lowest BCUT2D eigenvalue weighted by Gasteiger charge is -2.23. The van der Waals surface area contributed by atoms with E-state index in [0.717, 1.165) is 4.68 Å². The van der Waals surface area contributed by atoms with Crippen molar-refractivity contribution in [1.29, 1.82) is 0 Å². The molecular weight excluding hydrogens is 294 g/mol. The molecule has 0 aromatic carbocycles. The first-order valence-electron chi connectivity index (χ1n) is 6.36. The zero-order valence-electron chi connectivity index (χ0n) is 12.1. The van der Waals surface area contributed by atoms with Crippen molar-refractivity contribution in [2.24, 2.45) is 0 Å². The summed E-state index contributed by atoms with van der Waals surface area (Å²) in [6, 6.07) is 3.50. The molecule has 8 nitrogen and oxygen atoms in total. The Hall–Kier alpha value is -2.00. The fraction of sp³-hybridized carbons (Fsp3) is 0.500. The van der Waals surface area contributed by atoms with E-state index in [1.807, 2.05) is 18.4 Å². The van der Waals surface area contributed by atoms with E-state index in [-0.39, 0.29) is 18.5 Å². The van der Waals surface area contributed by atoms with E-state index in [1.54, 1.807) is 20.2 Å². The predicted octanol–water partition coefficient (Wildman–Crippen LogP) is -0.0162. The zero-order chi connectivity index (χ0) is 15.4. The number of tetrazole rings is 1. The average Bonchev–Trinajstić information content (AvgIpc) is 3.09. The molecule has 0 fully saturated rings. The minimum atomic E-state index is -0.432. The lowest BCUT2D eigenvalue weighted by atomic mass is 10.3. The molecule has 2 rings (SSSR count). The van der Waals surface area contributed by atoms with Crippen LogP contribution in [0.15, 0.2) is 22.3 Å². The van der Waals surface area contributed by atoms with E-state index in [2.05, 4.69) is 10.4 Å². The van der Waals surface area contributed by atoms with Gasteiger partial charge in [0, 0.05) is 14.2 Å². The van der Waals surface area contributed by atoms with Gasteiger partial charge < -0.3 is 9.64 Å². The first kappa shape index (κ1) is 15.4. The van der Waals surface area contributed by atoms with Gasteiger partial charge in [-0.1, -0.05) is 0 Å². The molecule has 2 aromatic rings. The standard InChI is InChI=1S/C12H17N5O3S/c1-9(8-20-3)15(2)10(18)7-16-12(19)17(14-13-16)11-5-4-6-21-11/h4-6,9H,7-8H2,1-3H3/t9-/m1/s1. The maximum atomic E-state index is 12.1. The van der Waals surface area contributed by atoms with Gasteiger partial charge in [0.05, 0.1) is 12.6 Å². The minimum absolute atomic E-state index is 0.0782. The van der Waals surface area contributed by atoms with Crippen LogP contribution < -0.4 is 5.69 Å². The maximum Gasteiger partial charge on any atom is 0.369 e. The van der Waals surface area contributed by atoms with Crippen LogP contribution in [0.1, 0.15) is 6.92 Å². The highest BCUT2D eigenvalue weighted by Crippen LogP contribution is 2.10. The SMILES string of the molecule is COC[C@@H](C)N(C)C(=O)Cn1nnn(-c2cccs2)c1=O. The highest BCUT2D eigenvalue weighted by molar-refractivity contribution is 7.12. The van der Waals surface area contributed by atoms with Gasteiger partial charge in [-0.15, -0.1) is 11.3 Å². The topological polar surface area (TPSA) is 82.2 Å². The van der Waals surface area contributed by atoms with E-state index < -0.39 is 5.69 Å². The first-order chi connectivity index (χ1) is 10.0. The van der Waals surface area contributed by atoms with Crippen molar-refractivity contribution in [2.45, 2.75) is 19.5 Å². The Labute approximate surface area is 125 Å². The largest absolute Gasteiger partial charge is 0.383 e. The molecule has 0 saturated carbocycles. The molecule has 1 atom stereocenters. The number of carbonyl (C=O) groups is 1. The van der Waals surface area contributed by atoms with Crippen LogP contribution >= 0.6 is 11.3 Å². The second-order valence-corrected chi connectivity index (χ2v) is 5.52. The average molecular weight is 311 g/mol. The number of hydrogen-bond acceptors (Lipinski definition) is 6. The molecule has 1 amide bonds. The number of carbonyl (C=O) groups excluding carboxylic acids is 1. The summed E-state index contributed by atoms with van der Waals surface area (Å²) in [6.45, 7) is 2.15. The molecule has 0 radical (unpaired) electrons. The summed E-state index contributed by atoms with van der Waals surface area (Å²) in [5, 5.41) is 10.0. The summed E-state index contributed by atoms with van der Waals surface area (Å²) in [4.78, 5) is 25.8. The van der Waals surface area contributed by atoms with Crippen LogP contribution in [0.4, 0.5) is 0 Å². The lowest BCUT2D eigenvalue weighted by Crippen LogP contribution is -2.41. The summed E-state index contributed by atoms with van der Waals surface area (Å²) >= 11 is 1.38. The lowest BCUT2D eigenvalue weighted by molar-refractivity contribution is -0.133. The second kappa shape index (κ2) is 6.64. The van der Waals surface area contributed by atoms with Crippen molar-refractivity contribution in [3.63, 3.8) is 0 Å². The number of hydrogen-bond donors (Lipinski definition) is 0. The minimum Gasteiger partial charge on any atom is -0.383 e. The van der Waals surface area contributed by atoms with E-state index in [4.69, 9.17) is 4.74 Å². The third-order valence-corrected chi connectivity index (χ3v) is 3.95. The molecule has 0 N–H and O–H groups in total. The number of amides is 1. The molecule has 0 saturated heterocycles. The molecule has 114 valence electrons. The molecule has 21 heavy (non-hydrogen) atoms. The normalized spacial score (nSPS) is 12.3. The van der Waals surface area contributed by atoms with Crippen LogP contribution in [-0.2, 0) is 16.1 Å². The summed E-state index contributed by atoms with van der Waals surface area (Å²) in [5.74, 6) is -0.222. The van der Waals surface area contributed by atoms with Gasteiger partial charge >= 0.3 is 5.69 Å². The summed E-state index contributed by atoms with van der Waals surface area (Å²) in [6.07, 6.45) is 0. The number of nitrogens with zero attached hydrogens (tertiary/aromatic N) is 5. The van der Waals surface area contributed by atoms with Crippen molar-refractivity contribution >= 4 is 17.2 Å². The van der Waals surface area contributed by atoms with Crippen LogP contribution in [0, 0.1) is 0 Å². The molecule has 0 bridgehead atoms. The Morgan fingerprint density at radius 2 is 2.29 bits per heavy atom. The fourth-order valence-electron chi connectivity index (χ4n) is 1.74. The second-order valence-electron chi connectivity index (χ2n) is 4.59. The Bertz CT molecular complexity index is 648. The molecule has 0 aliphatic rings. The van der Waals surface area contributed by atoms with Crippen molar-refractivity contribution in [1.82, 2.24) is 24.7 Å². The van der Waals surface area contributed by atoms with Gasteiger partial charge in [0.25, 0.3) is 0 Å². The third-order valence-electron chi connectivity index (χ3n) is 3.10. The monoisotopic (exact) mass is 311 g/mol. The molecule has 9 heteroatoms. The fourth-order valence-corrected chi connectivity index (χ4v) is 2.41. The van der Waals surface area contributed by atoms with Crippen molar-refractivity contribution in [3.05, 3.63) is 28.0 Å². The summed E-state index contributed by atoms with van der Waals surface area (Å²) in [7, 11) is 3.24. The Morgan fingerprint density at radius 1 is 1.52 bits per heavy atom. The van der Waals surface area contributed by atoms with Gasteiger partial charge in [-0.05, 0) is 34.9 Å². The molecule has 0 unspecified atom stereocenters. The molecule has 0 spiro atoms. The summed E-state index contributed by atoms with van der Waals surface area (Å²) < 4.78 is 7.24. The van der Waals surface area contributed by atoms with Gasteiger partial charge in [0.15, 0.2) is 0 Å². The van der Waals surface area contributed by atoms with E-state index in [0.29, 0.717) is 11.6 Å². The third kappa shape index (κ3) is 3.37. The van der Waals surface area contributed by atoms with Crippen LogP contribution in [0.25, 0.3) is 5.00 Å². The molecule has 2 heterocycles. The highest BCUT2D eigenvalue weighted by Gasteiger charge is 2.19. The van der Waals surface area contributed by atoms with Crippen molar-refractivity contribution < 1.29 is 9.53 Å². The maximum absolute atomic E-state index is 12.1. The number of methoxy groups -OCH3 is 1. The van der Waals surface area contributed by atoms with E-state index in [1.165, 1.54) is 20.9 Å². The van der Waals surface area contributed by atoms with Gasteiger partial charge in [0.2, 0.25) is 5.91 Å². The van der Waals surface area contributed by atoms with Gasteiger partial charge in [-0.3, -0.25) is 4.79 Å². The Balaban J connectivity index is 2.11. The van der Waals surface area contributed by atoms with Crippen LogP contribution in [0.2, 0.25) is 0 Å². The van der Waals surface area contributed by atoms with E-state index in [9.17, 15) is 9.59 Å². The van der Waals surface area contributed by atoms with Gasteiger partial charge in [-0.2, -0.15) is 9.36 Å². The summed E-state index contributed by atoms with van der Waals surface area (Å²) in [5.41, 5.74) is -0.432. The number of rotatable bonds is 6. The van der Waals surface area contributed by atoms with Crippen LogP contribution in [0.3, 0.4) is 0 Å². The molecular formula is C12H17N5O3S. The van der Waals surface area contributed by atoms with Crippen LogP contribution in [-0.4, -0.2) is 57.4 Å².